The van der Waals surface area contributed by atoms with Gasteiger partial charge in [-0.05, 0) is 56.4 Å². The lowest BCUT2D eigenvalue weighted by molar-refractivity contribution is -0.131. The molecule has 0 unspecified atom stereocenters. The predicted octanol–water partition coefficient (Wildman–Crippen LogP) is 3.22. The smallest absolute Gasteiger partial charge is 0.330 e. The van der Waals surface area contributed by atoms with E-state index < -0.39 is 5.97 Å². The Morgan fingerprint density at radius 3 is 2.60 bits per heavy atom. The molecule has 1 N–H and O–H groups in total. The maximum Gasteiger partial charge on any atom is 0.330 e. The van der Waals surface area contributed by atoms with Crippen LogP contribution in [0.1, 0.15) is 54.1 Å². The third-order valence-corrected chi connectivity index (χ3v) is 5.76. The number of benzene rings is 1. The zero-order valence-corrected chi connectivity index (χ0v) is 17.3. The van der Waals surface area contributed by atoms with Crippen LogP contribution >= 0.6 is 0 Å². The highest BCUT2D eigenvalue weighted by molar-refractivity contribution is 5.99. The highest BCUT2D eigenvalue weighted by Gasteiger charge is 2.46. The van der Waals surface area contributed by atoms with Crippen LogP contribution in [0.5, 0.6) is 5.75 Å². The fourth-order valence-corrected chi connectivity index (χ4v) is 4.24. The van der Waals surface area contributed by atoms with Gasteiger partial charge in [-0.1, -0.05) is 0 Å². The van der Waals surface area contributed by atoms with Crippen molar-refractivity contribution in [2.24, 2.45) is 0 Å². The van der Waals surface area contributed by atoms with Gasteiger partial charge >= 0.3 is 5.97 Å². The summed E-state index contributed by atoms with van der Waals surface area (Å²) in [6, 6.07) is 3.58. The number of carbonyl (C=O) groups is 3. The summed E-state index contributed by atoms with van der Waals surface area (Å²) >= 11 is 0. The number of nitrogens with zero attached hydrogens (tertiary/aromatic N) is 1. The second-order valence-corrected chi connectivity index (χ2v) is 7.73. The molecule has 0 atom stereocenters. The minimum Gasteiger partial charge on any atom is -0.493 e. The highest BCUT2D eigenvalue weighted by Crippen LogP contribution is 2.50. The molecule has 7 nitrogen and oxygen atoms in total. The molecule has 0 bridgehead atoms. The molecule has 7 heteroatoms. The van der Waals surface area contributed by atoms with Crippen molar-refractivity contribution in [3.8, 4) is 5.75 Å². The maximum absolute atomic E-state index is 12.3. The number of carboxylic acid groups (broad SMARTS) is 1. The number of aliphatic carboxylic acids is 1. The highest BCUT2D eigenvalue weighted by atomic mass is 16.5. The summed E-state index contributed by atoms with van der Waals surface area (Å²) in [6.45, 7) is 2.45. The first-order chi connectivity index (χ1) is 14.4. The lowest BCUT2D eigenvalue weighted by Crippen LogP contribution is -2.54. The monoisotopic (exact) mass is 413 g/mol. The van der Waals surface area contributed by atoms with Gasteiger partial charge in [0.25, 0.3) is 0 Å². The molecular formula is C23H27NO6. The number of ether oxygens (including phenoxy) is 2. The first kappa shape index (κ1) is 21.8. The fraction of sp³-hybridized carbons (Fsp3) is 0.435. The van der Waals surface area contributed by atoms with E-state index in [1.165, 1.54) is 13.0 Å². The summed E-state index contributed by atoms with van der Waals surface area (Å²) in [4.78, 5) is 36.8. The minimum absolute atomic E-state index is 0.159. The van der Waals surface area contributed by atoms with Gasteiger partial charge in [-0.2, -0.15) is 0 Å². The first-order valence-corrected chi connectivity index (χ1v) is 10.1. The van der Waals surface area contributed by atoms with E-state index in [0.29, 0.717) is 54.9 Å². The largest absolute Gasteiger partial charge is 0.493 e. The number of methoxy groups -OCH3 is 1. The number of allylic oxidation sites excluding steroid dienone is 1. The third kappa shape index (κ3) is 4.31. The summed E-state index contributed by atoms with van der Waals surface area (Å²) in [5, 5.41) is 9.50. The zero-order valence-electron chi connectivity index (χ0n) is 17.3. The Bertz CT molecular complexity index is 897. The third-order valence-electron chi connectivity index (χ3n) is 5.76. The normalized spacial score (nSPS) is 18.3. The average Bonchev–Trinajstić information content (AvgIpc) is 2.67. The molecule has 160 valence electrons. The van der Waals surface area contributed by atoms with E-state index >= 15 is 0 Å². The number of carboxylic acids is 1. The van der Waals surface area contributed by atoms with Gasteiger partial charge in [0.1, 0.15) is 12.0 Å². The molecule has 0 aromatic heterocycles. The van der Waals surface area contributed by atoms with Gasteiger partial charge < -0.3 is 19.5 Å². The Kier molecular flexibility index (Phi) is 6.72. The molecule has 1 fully saturated rings. The van der Waals surface area contributed by atoms with Crippen LogP contribution in [0.2, 0.25) is 0 Å². The number of fused-ring (bicyclic) bond motifs is 1. The van der Waals surface area contributed by atoms with Crippen molar-refractivity contribution in [1.29, 1.82) is 0 Å². The van der Waals surface area contributed by atoms with Gasteiger partial charge in [-0.15, -0.1) is 0 Å². The van der Waals surface area contributed by atoms with Crippen LogP contribution in [0, 0.1) is 0 Å². The number of Topliss-reactive ketones (excluding diaryl/α,β-unsaturated/α-hetero) is 1. The van der Waals surface area contributed by atoms with Crippen molar-refractivity contribution < 1.29 is 29.0 Å². The SMILES string of the molecule is COCCCOc1cc2c(cc1C(C)=O)/C(=C/C(=O)O)N(/C=C/C=O)C1(CCC1)C2. The van der Waals surface area contributed by atoms with E-state index in [9.17, 15) is 19.5 Å². The van der Waals surface area contributed by atoms with E-state index in [0.717, 1.165) is 30.9 Å². The van der Waals surface area contributed by atoms with Crippen molar-refractivity contribution in [3.05, 3.63) is 47.2 Å². The maximum atomic E-state index is 12.3. The second-order valence-electron chi connectivity index (χ2n) is 7.73. The van der Waals surface area contributed by atoms with Crippen molar-refractivity contribution in [2.45, 2.75) is 44.6 Å². The van der Waals surface area contributed by atoms with E-state index in [1.807, 2.05) is 11.0 Å². The summed E-state index contributed by atoms with van der Waals surface area (Å²) in [5.41, 5.74) is 2.25. The molecule has 0 radical (unpaired) electrons. The molecule has 1 aliphatic carbocycles. The number of rotatable bonds is 9. The lowest BCUT2D eigenvalue weighted by Gasteiger charge is -2.54. The van der Waals surface area contributed by atoms with Crippen molar-refractivity contribution in [2.75, 3.05) is 20.3 Å². The van der Waals surface area contributed by atoms with Crippen LogP contribution in [0.4, 0.5) is 0 Å². The van der Waals surface area contributed by atoms with E-state index in [4.69, 9.17) is 9.47 Å². The van der Waals surface area contributed by atoms with Gasteiger partial charge in [0.15, 0.2) is 5.78 Å². The molecule has 3 rings (SSSR count). The van der Waals surface area contributed by atoms with Crippen LogP contribution in [0.25, 0.3) is 5.70 Å². The van der Waals surface area contributed by atoms with Gasteiger partial charge in [-0.3, -0.25) is 9.59 Å². The number of hydrogen-bond donors (Lipinski definition) is 1. The quantitative estimate of drug-likeness (QED) is 0.288. The predicted molar refractivity (Wildman–Crippen MR) is 111 cm³/mol. The first-order valence-electron chi connectivity index (χ1n) is 10.1. The van der Waals surface area contributed by atoms with E-state index in [-0.39, 0.29) is 11.3 Å². The Morgan fingerprint density at radius 2 is 2.03 bits per heavy atom. The van der Waals surface area contributed by atoms with Gasteiger partial charge in [0.2, 0.25) is 0 Å². The van der Waals surface area contributed by atoms with Crippen LogP contribution in [-0.2, 0) is 20.7 Å². The molecular weight excluding hydrogens is 386 g/mol. The molecule has 0 amide bonds. The van der Waals surface area contributed by atoms with E-state index in [2.05, 4.69) is 0 Å². The molecule has 1 spiro atoms. The van der Waals surface area contributed by atoms with Gasteiger partial charge in [0.05, 0.1) is 17.9 Å². The summed E-state index contributed by atoms with van der Waals surface area (Å²) < 4.78 is 10.9. The summed E-state index contributed by atoms with van der Waals surface area (Å²) in [7, 11) is 1.62. The van der Waals surface area contributed by atoms with Crippen molar-refractivity contribution in [3.63, 3.8) is 0 Å². The molecule has 1 heterocycles. The van der Waals surface area contributed by atoms with Crippen LogP contribution in [0.3, 0.4) is 0 Å². The van der Waals surface area contributed by atoms with Crippen molar-refractivity contribution >= 4 is 23.7 Å². The van der Waals surface area contributed by atoms with Gasteiger partial charge in [-0.25, -0.2) is 4.79 Å². The number of hydrogen-bond acceptors (Lipinski definition) is 6. The van der Waals surface area contributed by atoms with Gasteiger partial charge in [0, 0.05) is 43.5 Å². The zero-order chi connectivity index (χ0) is 21.7. The molecule has 1 aromatic carbocycles. The van der Waals surface area contributed by atoms with Crippen molar-refractivity contribution in [1.82, 2.24) is 4.90 Å². The summed E-state index contributed by atoms with van der Waals surface area (Å²) in [5.74, 6) is -0.729. The number of aldehydes is 1. The topological polar surface area (TPSA) is 93.1 Å². The number of ketones is 1. The second kappa shape index (κ2) is 9.26. The van der Waals surface area contributed by atoms with E-state index in [1.54, 1.807) is 19.4 Å². The Labute approximate surface area is 176 Å². The molecule has 1 aromatic rings. The lowest BCUT2D eigenvalue weighted by atomic mass is 9.68. The Hall–Kier alpha value is -2.93. The van der Waals surface area contributed by atoms with Crippen LogP contribution in [-0.4, -0.2) is 53.9 Å². The van der Waals surface area contributed by atoms with Crippen LogP contribution < -0.4 is 4.74 Å². The molecule has 0 saturated heterocycles. The Balaban J connectivity index is 2.10. The molecule has 1 saturated carbocycles. The number of carbonyl (C=O) groups excluding carboxylic acids is 2. The standard InChI is InChI=1S/C23H27NO6/c1-16(26)18-13-19-17(12-21(18)30-11-5-10-29-2)15-23(6-3-7-23)24(8-4-9-25)20(19)14-22(27)28/h4,8-9,12-14H,3,5-7,10-11,15H2,1-2H3,(H,27,28)/b8-4+,20-14-. The summed E-state index contributed by atoms with van der Waals surface area (Å²) in [6.07, 6.45) is 9.06. The minimum atomic E-state index is -1.08. The molecule has 1 aliphatic heterocycles. The Morgan fingerprint density at radius 1 is 1.27 bits per heavy atom. The molecule has 2 aliphatic rings. The van der Waals surface area contributed by atoms with Crippen LogP contribution in [0.15, 0.2) is 30.5 Å². The molecule has 30 heavy (non-hydrogen) atoms. The fourth-order valence-electron chi connectivity index (χ4n) is 4.24. The average molecular weight is 413 g/mol.